The number of rotatable bonds is 4. The number of hydrogen-bond donors (Lipinski definition) is 1. The summed E-state index contributed by atoms with van der Waals surface area (Å²) in [6.07, 6.45) is 3.86. The lowest BCUT2D eigenvalue weighted by atomic mass is 10.1. The summed E-state index contributed by atoms with van der Waals surface area (Å²) in [5.41, 5.74) is 0.0822. The fourth-order valence-electron chi connectivity index (χ4n) is 2.46. The van der Waals surface area contributed by atoms with Gasteiger partial charge in [0.05, 0.1) is 0 Å². The molecule has 0 aliphatic carbocycles. The van der Waals surface area contributed by atoms with Gasteiger partial charge in [0.2, 0.25) is 0 Å². The van der Waals surface area contributed by atoms with Crippen LogP contribution in [0, 0.1) is 11.6 Å². The van der Waals surface area contributed by atoms with Gasteiger partial charge in [-0.2, -0.15) is 0 Å². The van der Waals surface area contributed by atoms with Gasteiger partial charge in [-0.3, -0.25) is 0 Å². The minimum absolute atomic E-state index is 0.0822. The summed E-state index contributed by atoms with van der Waals surface area (Å²) < 4.78 is 29.3. The summed E-state index contributed by atoms with van der Waals surface area (Å²) >= 11 is 1.31. The zero-order valence-electron chi connectivity index (χ0n) is 11.4. The molecule has 1 aliphatic rings. The fraction of sp³-hybridized carbons (Fsp3) is 0.429. The number of nitrogens with zero attached hydrogens (tertiary/aromatic N) is 3. The van der Waals surface area contributed by atoms with Crippen LogP contribution in [0.4, 0.5) is 8.78 Å². The van der Waals surface area contributed by atoms with E-state index in [0.717, 1.165) is 25.9 Å². The van der Waals surface area contributed by atoms with E-state index in [1.54, 1.807) is 6.33 Å². The lowest BCUT2D eigenvalue weighted by Crippen LogP contribution is -2.31. The Morgan fingerprint density at radius 3 is 2.86 bits per heavy atom. The van der Waals surface area contributed by atoms with Crippen LogP contribution in [0.1, 0.15) is 24.4 Å². The maximum atomic E-state index is 13.6. The highest BCUT2D eigenvalue weighted by Gasteiger charge is 2.19. The van der Waals surface area contributed by atoms with E-state index in [4.69, 9.17) is 0 Å². The molecule has 1 aliphatic heterocycles. The highest BCUT2D eigenvalue weighted by Crippen LogP contribution is 2.27. The maximum Gasteiger partial charge on any atom is 0.191 e. The largest absolute Gasteiger partial charge is 0.315 e. The van der Waals surface area contributed by atoms with Crippen molar-refractivity contribution >= 4 is 11.8 Å². The Balaban J connectivity index is 1.72. The topological polar surface area (TPSA) is 42.7 Å². The third kappa shape index (κ3) is 3.24. The molecule has 0 amide bonds. The summed E-state index contributed by atoms with van der Waals surface area (Å²) in [6.45, 7) is 1.90. The number of nitrogens with one attached hydrogen (secondary N) is 1. The second-order valence-electron chi connectivity index (χ2n) is 5.01. The second-order valence-corrected chi connectivity index (χ2v) is 5.95. The Hall–Kier alpha value is -1.47. The molecule has 1 saturated heterocycles. The minimum Gasteiger partial charge on any atom is -0.315 e. The molecule has 1 aromatic heterocycles. The quantitative estimate of drug-likeness (QED) is 0.882. The predicted octanol–water partition coefficient (Wildman–Crippen LogP) is 2.77. The maximum absolute atomic E-state index is 13.6. The first-order valence-corrected chi connectivity index (χ1v) is 7.90. The van der Waals surface area contributed by atoms with Crippen LogP contribution in [0.25, 0.3) is 0 Å². The SMILES string of the molecule is Fc1cccc(F)c1CSc1nncn1C1CCCNC1. The summed E-state index contributed by atoms with van der Waals surface area (Å²) in [6, 6.07) is 4.22. The van der Waals surface area contributed by atoms with Crippen molar-refractivity contribution in [2.24, 2.45) is 0 Å². The molecule has 1 unspecified atom stereocenters. The van der Waals surface area contributed by atoms with Crippen LogP contribution >= 0.6 is 11.8 Å². The van der Waals surface area contributed by atoms with Crippen LogP contribution < -0.4 is 5.32 Å². The monoisotopic (exact) mass is 310 g/mol. The lowest BCUT2D eigenvalue weighted by Gasteiger charge is -2.24. The van der Waals surface area contributed by atoms with E-state index in [1.807, 2.05) is 4.57 Å². The minimum atomic E-state index is -0.520. The summed E-state index contributed by atoms with van der Waals surface area (Å²) in [7, 11) is 0. The molecular formula is C14H16F2N4S. The van der Waals surface area contributed by atoms with Crippen molar-refractivity contribution < 1.29 is 8.78 Å². The van der Waals surface area contributed by atoms with E-state index in [0.29, 0.717) is 11.2 Å². The van der Waals surface area contributed by atoms with Crippen molar-refractivity contribution in [2.45, 2.75) is 29.8 Å². The van der Waals surface area contributed by atoms with Gasteiger partial charge in [0, 0.05) is 23.9 Å². The Morgan fingerprint density at radius 2 is 2.14 bits per heavy atom. The van der Waals surface area contributed by atoms with E-state index >= 15 is 0 Å². The molecule has 1 fully saturated rings. The van der Waals surface area contributed by atoms with Gasteiger partial charge in [-0.1, -0.05) is 17.8 Å². The average molecular weight is 310 g/mol. The zero-order valence-corrected chi connectivity index (χ0v) is 12.2. The van der Waals surface area contributed by atoms with Crippen LogP contribution in [0.15, 0.2) is 29.7 Å². The molecule has 1 N–H and O–H groups in total. The molecule has 4 nitrogen and oxygen atoms in total. The molecule has 3 rings (SSSR count). The molecule has 0 bridgehead atoms. The molecular weight excluding hydrogens is 294 g/mol. The highest BCUT2D eigenvalue weighted by molar-refractivity contribution is 7.98. The first-order valence-electron chi connectivity index (χ1n) is 6.91. The van der Waals surface area contributed by atoms with E-state index in [-0.39, 0.29) is 11.3 Å². The van der Waals surface area contributed by atoms with Gasteiger partial charge in [-0.25, -0.2) is 8.78 Å². The van der Waals surface area contributed by atoms with Crippen molar-refractivity contribution in [3.8, 4) is 0 Å². The van der Waals surface area contributed by atoms with Crippen LogP contribution in [0.3, 0.4) is 0 Å². The third-order valence-electron chi connectivity index (χ3n) is 3.61. The van der Waals surface area contributed by atoms with Gasteiger partial charge in [0.1, 0.15) is 18.0 Å². The molecule has 7 heteroatoms. The highest BCUT2D eigenvalue weighted by atomic mass is 32.2. The number of aromatic nitrogens is 3. The van der Waals surface area contributed by atoms with Crippen LogP contribution in [0.2, 0.25) is 0 Å². The molecule has 112 valence electrons. The summed E-state index contributed by atoms with van der Waals surface area (Å²) in [5.74, 6) is -0.835. The Bertz CT molecular complexity index is 591. The van der Waals surface area contributed by atoms with Gasteiger partial charge >= 0.3 is 0 Å². The van der Waals surface area contributed by atoms with Crippen molar-refractivity contribution in [1.29, 1.82) is 0 Å². The van der Waals surface area contributed by atoms with E-state index in [9.17, 15) is 8.78 Å². The fourth-order valence-corrected chi connectivity index (χ4v) is 3.46. The molecule has 21 heavy (non-hydrogen) atoms. The van der Waals surface area contributed by atoms with Gasteiger partial charge < -0.3 is 9.88 Å². The first-order chi connectivity index (χ1) is 10.3. The summed E-state index contributed by atoms with van der Waals surface area (Å²) in [4.78, 5) is 0. The van der Waals surface area contributed by atoms with Gasteiger partial charge in [0.15, 0.2) is 5.16 Å². The number of piperidine rings is 1. The molecule has 0 saturated carbocycles. The number of halogens is 2. The normalized spacial score (nSPS) is 18.9. The van der Waals surface area contributed by atoms with Crippen molar-refractivity contribution in [2.75, 3.05) is 13.1 Å². The van der Waals surface area contributed by atoms with Gasteiger partial charge in [0.25, 0.3) is 0 Å². The zero-order chi connectivity index (χ0) is 14.7. The summed E-state index contributed by atoms with van der Waals surface area (Å²) in [5, 5.41) is 12.0. The molecule has 1 aromatic carbocycles. The molecule has 0 spiro atoms. The predicted molar refractivity (Wildman–Crippen MR) is 77.1 cm³/mol. The van der Waals surface area contributed by atoms with Crippen LogP contribution in [-0.4, -0.2) is 27.9 Å². The first kappa shape index (κ1) is 14.5. The number of benzene rings is 1. The number of thioether (sulfide) groups is 1. The second kappa shape index (κ2) is 6.53. The van der Waals surface area contributed by atoms with E-state index < -0.39 is 11.6 Å². The smallest absolute Gasteiger partial charge is 0.191 e. The van der Waals surface area contributed by atoms with E-state index in [2.05, 4.69) is 15.5 Å². The Kier molecular flexibility index (Phi) is 4.50. The molecule has 2 heterocycles. The molecule has 0 radical (unpaired) electrons. The molecule has 2 aromatic rings. The van der Waals surface area contributed by atoms with Gasteiger partial charge in [-0.15, -0.1) is 10.2 Å². The van der Waals surface area contributed by atoms with Gasteiger partial charge in [-0.05, 0) is 31.5 Å². The number of hydrogen-bond acceptors (Lipinski definition) is 4. The van der Waals surface area contributed by atoms with E-state index in [1.165, 1.54) is 30.0 Å². The van der Waals surface area contributed by atoms with Crippen molar-refractivity contribution in [3.63, 3.8) is 0 Å². The Labute approximate surface area is 126 Å². The average Bonchev–Trinajstić information content (AvgIpc) is 2.96. The van der Waals surface area contributed by atoms with Crippen LogP contribution in [0.5, 0.6) is 0 Å². The molecule has 1 atom stereocenters. The van der Waals surface area contributed by atoms with Crippen LogP contribution in [-0.2, 0) is 5.75 Å². The van der Waals surface area contributed by atoms with Crippen molar-refractivity contribution in [3.05, 3.63) is 41.7 Å². The third-order valence-corrected chi connectivity index (χ3v) is 4.60. The standard InChI is InChI=1S/C14H16F2N4S/c15-12-4-1-5-13(16)11(12)8-21-14-19-18-9-20(14)10-3-2-6-17-7-10/h1,4-5,9-10,17H,2-3,6-8H2. The van der Waals surface area contributed by atoms with Crippen molar-refractivity contribution in [1.82, 2.24) is 20.1 Å². The lowest BCUT2D eigenvalue weighted by molar-refractivity contribution is 0.354. The Morgan fingerprint density at radius 1 is 1.33 bits per heavy atom.